The Kier molecular flexibility index (Phi) is 5.20. The fourth-order valence-electron chi connectivity index (χ4n) is 3.02. The SMILES string of the molecule is Cc1sc(NC(=O)CCCn2cnc3c2c(=O)n(C)c(=O)n3C)c(C#N)c1C. The largest absolute Gasteiger partial charge is 0.332 e. The summed E-state index contributed by atoms with van der Waals surface area (Å²) in [6.07, 6.45) is 2.21. The second-order valence-corrected chi connectivity index (χ2v) is 7.79. The van der Waals surface area contributed by atoms with Gasteiger partial charge in [0, 0.05) is 31.9 Å². The van der Waals surface area contributed by atoms with Crippen LogP contribution in [0, 0.1) is 25.2 Å². The van der Waals surface area contributed by atoms with Gasteiger partial charge in [0.25, 0.3) is 5.56 Å². The van der Waals surface area contributed by atoms with Crippen LogP contribution in [0.1, 0.15) is 28.8 Å². The number of nitrogens with one attached hydrogen (secondary N) is 1. The van der Waals surface area contributed by atoms with Crippen molar-refractivity contribution in [3.63, 3.8) is 0 Å². The van der Waals surface area contributed by atoms with Gasteiger partial charge in [0.05, 0.1) is 11.9 Å². The smallest absolute Gasteiger partial charge is 0.325 e. The Labute approximate surface area is 164 Å². The molecule has 0 fully saturated rings. The Morgan fingerprint density at radius 2 is 2.00 bits per heavy atom. The molecule has 0 aliphatic rings. The zero-order chi connectivity index (χ0) is 20.6. The molecule has 10 heteroatoms. The van der Waals surface area contributed by atoms with Gasteiger partial charge in [-0.05, 0) is 25.8 Å². The van der Waals surface area contributed by atoms with Crippen molar-refractivity contribution in [3.8, 4) is 6.07 Å². The van der Waals surface area contributed by atoms with Gasteiger partial charge >= 0.3 is 5.69 Å². The average molecular weight is 400 g/mol. The highest BCUT2D eigenvalue weighted by Crippen LogP contribution is 2.31. The number of amides is 1. The van der Waals surface area contributed by atoms with Crippen molar-refractivity contribution in [2.45, 2.75) is 33.2 Å². The molecule has 28 heavy (non-hydrogen) atoms. The molecule has 0 atom stereocenters. The number of aryl methyl sites for hydroxylation is 3. The van der Waals surface area contributed by atoms with Crippen LogP contribution in [0.4, 0.5) is 5.00 Å². The van der Waals surface area contributed by atoms with Crippen LogP contribution in [-0.4, -0.2) is 24.6 Å². The Bertz CT molecular complexity index is 1240. The standard InChI is InChI=1S/C18H20N6O3S/c1-10-11(2)28-16(12(10)8-19)21-13(25)6-5-7-24-9-20-15-14(24)17(26)23(4)18(27)22(15)3/h9H,5-7H2,1-4H3,(H,21,25). The zero-order valence-corrected chi connectivity index (χ0v) is 16.9. The molecule has 3 aromatic rings. The van der Waals surface area contributed by atoms with Gasteiger partial charge in [-0.2, -0.15) is 5.26 Å². The number of hydrogen-bond acceptors (Lipinski definition) is 6. The van der Waals surface area contributed by atoms with E-state index in [4.69, 9.17) is 0 Å². The molecule has 3 rings (SSSR count). The predicted molar refractivity (Wildman–Crippen MR) is 107 cm³/mol. The fourth-order valence-corrected chi connectivity index (χ4v) is 4.04. The van der Waals surface area contributed by atoms with Gasteiger partial charge in [-0.1, -0.05) is 0 Å². The maximum atomic E-state index is 12.4. The Hall–Kier alpha value is -3.19. The Morgan fingerprint density at radius 3 is 2.68 bits per heavy atom. The number of nitrogens with zero attached hydrogens (tertiary/aromatic N) is 5. The third-order valence-electron chi connectivity index (χ3n) is 4.77. The molecule has 3 heterocycles. The van der Waals surface area contributed by atoms with E-state index in [2.05, 4.69) is 16.4 Å². The first kappa shape index (κ1) is 19.6. The molecule has 3 aromatic heterocycles. The molecule has 0 saturated heterocycles. The highest BCUT2D eigenvalue weighted by molar-refractivity contribution is 7.16. The lowest BCUT2D eigenvalue weighted by molar-refractivity contribution is -0.116. The molecule has 0 saturated carbocycles. The normalized spacial score (nSPS) is 11.0. The zero-order valence-electron chi connectivity index (χ0n) is 16.1. The number of anilines is 1. The molecule has 9 nitrogen and oxygen atoms in total. The number of thiophene rings is 1. The summed E-state index contributed by atoms with van der Waals surface area (Å²) in [5.41, 5.74) is 1.19. The topological polar surface area (TPSA) is 115 Å². The number of carbonyl (C=O) groups excluding carboxylic acids is 1. The summed E-state index contributed by atoms with van der Waals surface area (Å²) in [7, 11) is 2.99. The van der Waals surface area contributed by atoms with E-state index in [1.807, 2.05) is 13.8 Å². The lowest BCUT2D eigenvalue weighted by Gasteiger charge is -2.07. The molecule has 0 bridgehead atoms. The minimum atomic E-state index is -0.433. The van der Waals surface area contributed by atoms with Gasteiger partial charge in [-0.15, -0.1) is 11.3 Å². The highest BCUT2D eigenvalue weighted by atomic mass is 32.1. The third-order valence-corrected chi connectivity index (χ3v) is 5.89. The highest BCUT2D eigenvalue weighted by Gasteiger charge is 2.16. The predicted octanol–water partition coefficient (Wildman–Crippen LogP) is 1.40. The van der Waals surface area contributed by atoms with Crippen LogP contribution >= 0.6 is 11.3 Å². The fraction of sp³-hybridized carbons (Fsp3) is 0.389. The van der Waals surface area contributed by atoms with Gasteiger partial charge < -0.3 is 9.88 Å². The summed E-state index contributed by atoms with van der Waals surface area (Å²) in [6, 6.07) is 2.13. The van der Waals surface area contributed by atoms with Gasteiger partial charge in [-0.3, -0.25) is 18.7 Å². The molecule has 0 aromatic carbocycles. The van der Waals surface area contributed by atoms with Crippen molar-refractivity contribution >= 4 is 33.4 Å². The van der Waals surface area contributed by atoms with Crippen LogP contribution in [0.25, 0.3) is 11.2 Å². The van der Waals surface area contributed by atoms with Gasteiger partial charge in [0.1, 0.15) is 11.1 Å². The number of nitriles is 1. The molecule has 146 valence electrons. The summed E-state index contributed by atoms with van der Waals surface area (Å²) in [4.78, 5) is 41.8. The van der Waals surface area contributed by atoms with E-state index in [0.29, 0.717) is 34.7 Å². The molecule has 0 radical (unpaired) electrons. The Balaban J connectivity index is 1.72. The summed E-state index contributed by atoms with van der Waals surface area (Å²) >= 11 is 1.39. The van der Waals surface area contributed by atoms with Crippen molar-refractivity contribution in [2.75, 3.05) is 5.32 Å². The summed E-state index contributed by atoms with van der Waals surface area (Å²) in [5, 5.41) is 12.6. The Morgan fingerprint density at radius 1 is 1.29 bits per heavy atom. The van der Waals surface area contributed by atoms with E-state index >= 15 is 0 Å². The summed E-state index contributed by atoms with van der Waals surface area (Å²) in [5.74, 6) is -0.192. The minimum absolute atomic E-state index is 0.192. The second kappa shape index (κ2) is 7.44. The maximum Gasteiger partial charge on any atom is 0.332 e. The first-order valence-corrected chi connectivity index (χ1v) is 9.48. The van der Waals surface area contributed by atoms with Crippen LogP contribution in [0.15, 0.2) is 15.9 Å². The van der Waals surface area contributed by atoms with Crippen molar-refractivity contribution in [2.24, 2.45) is 14.1 Å². The van der Waals surface area contributed by atoms with E-state index in [1.165, 1.54) is 29.3 Å². The van der Waals surface area contributed by atoms with E-state index in [-0.39, 0.29) is 12.3 Å². The number of aromatic nitrogens is 4. The number of carbonyl (C=O) groups is 1. The molecule has 1 N–H and O–H groups in total. The van der Waals surface area contributed by atoms with Crippen LogP contribution < -0.4 is 16.6 Å². The molecular weight excluding hydrogens is 380 g/mol. The molecular formula is C18H20N6O3S. The van der Waals surface area contributed by atoms with Crippen molar-refractivity contribution < 1.29 is 4.79 Å². The number of imidazole rings is 1. The van der Waals surface area contributed by atoms with Gasteiger partial charge in [0.15, 0.2) is 11.2 Å². The molecule has 0 aliphatic heterocycles. The summed E-state index contributed by atoms with van der Waals surface area (Å²) < 4.78 is 4.02. The molecule has 0 unspecified atom stereocenters. The van der Waals surface area contributed by atoms with Crippen LogP contribution in [0.2, 0.25) is 0 Å². The average Bonchev–Trinajstić information content (AvgIpc) is 3.19. The number of hydrogen-bond donors (Lipinski definition) is 1. The second-order valence-electron chi connectivity index (χ2n) is 6.57. The van der Waals surface area contributed by atoms with Crippen molar-refractivity contribution in [3.05, 3.63) is 43.2 Å². The van der Waals surface area contributed by atoms with Crippen molar-refractivity contribution in [1.82, 2.24) is 18.7 Å². The number of rotatable bonds is 5. The summed E-state index contributed by atoms with van der Waals surface area (Å²) in [6.45, 7) is 4.18. The van der Waals surface area contributed by atoms with Gasteiger partial charge in [-0.25, -0.2) is 9.78 Å². The molecule has 0 aliphatic carbocycles. The minimum Gasteiger partial charge on any atom is -0.325 e. The lowest BCUT2D eigenvalue weighted by Crippen LogP contribution is -2.37. The van der Waals surface area contributed by atoms with Crippen LogP contribution in [-0.2, 0) is 25.4 Å². The first-order chi connectivity index (χ1) is 13.3. The van der Waals surface area contributed by atoms with E-state index in [9.17, 15) is 19.6 Å². The quantitative estimate of drug-likeness (QED) is 0.695. The van der Waals surface area contributed by atoms with Crippen LogP contribution in [0.5, 0.6) is 0 Å². The molecule has 0 spiro atoms. The van der Waals surface area contributed by atoms with E-state index in [1.54, 1.807) is 11.6 Å². The lowest BCUT2D eigenvalue weighted by atomic mass is 10.2. The maximum absolute atomic E-state index is 12.4. The van der Waals surface area contributed by atoms with E-state index < -0.39 is 11.2 Å². The van der Waals surface area contributed by atoms with E-state index in [0.717, 1.165) is 15.0 Å². The molecule has 1 amide bonds. The monoisotopic (exact) mass is 400 g/mol. The van der Waals surface area contributed by atoms with Crippen LogP contribution in [0.3, 0.4) is 0 Å². The van der Waals surface area contributed by atoms with Gasteiger partial charge in [0.2, 0.25) is 5.91 Å². The third kappa shape index (κ3) is 3.25. The van der Waals surface area contributed by atoms with Crippen molar-refractivity contribution in [1.29, 1.82) is 5.26 Å². The first-order valence-electron chi connectivity index (χ1n) is 8.67. The number of fused-ring (bicyclic) bond motifs is 1.